The molecule has 2 aromatic carbocycles. The van der Waals surface area contributed by atoms with E-state index in [4.69, 9.17) is 9.72 Å². The summed E-state index contributed by atoms with van der Waals surface area (Å²) in [5.41, 5.74) is 3.27. The Morgan fingerprint density at radius 3 is 2.72 bits per heavy atom. The van der Waals surface area contributed by atoms with Gasteiger partial charge in [0, 0.05) is 13.0 Å². The molecule has 0 spiro atoms. The summed E-state index contributed by atoms with van der Waals surface area (Å²) in [5, 5.41) is 2.90. The van der Waals surface area contributed by atoms with Crippen molar-refractivity contribution in [1.29, 1.82) is 0 Å². The van der Waals surface area contributed by atoms with Crippen LogP contribution in [0.2, 0.25) is 0 Å². The number of benzene rings is 2. The van der Waals surface area contributed by atoms with Crippen molar-refractivity contribution in [3.63, 3.8) is 0 Å². The van der Waals surface area contributed by atoms with Gasteiger partial charge in [0.15, 0.2) is 0 Å². The second-order valence-electron chi connectivity index (χ2n) is 7.25. The minimum absolute atomic E-state index is 0.0798. The second-order valence-corrected chi connectivity index (χ2v) is 7.25. The van der Waals surface area contributed by atoms with E-state index in [-0.39, 0.29) is 5.91 Å². The lowest BCUT2D eigenvalue weighted by atomic mass is 10.0. The molecule has 1 aromatic heterocycles. The normalized spacial score (nSPS) is 11.4. The monoisotopic (exact) mass is 391 g/mol. The zero-order chi connectivity index (χ0) is 20.6. The lowest BCUT2D eigenvalue weighted by Gasteiger charge is -2.15. The molecule has 1 heterocycles. The Morgan fingerprint density at radius 2 is 1.93 bits per heavy atom. The van der Waals surface area contributed by atoms with Gasteiger partial charge < -0.3 is 14.6 Å². The van der Waals surface area contributed by atoms with Gasteiger partial charge in [-0.3, -0.25) is 4.79 Å². The van der Waals surface area contributed by atoms with Gasteiger partial charge in [0.25, 0.3) is 0 Å². The lowest BCUT2D eigenvalue weighted by Crippen LogP contribution is -2.25. The van der Waals surface area contributed by atoms with Crippen LogP contribution in [0.3, 0.4) is 0 Å². The highest BCUT2D eigenvalue weighted by atomic mass is 16.5. The minimum atomic E-state index is -0.0798. The van der Waals surface area contributed by atoms with Crippen molar-refractivity contribution in [3.8, 4) is 5.75 Å². The van der Waals surface area contributed by atoms with Crippen LogP contribution in [0.5, 0.6) is 5.75 Å². The number of hydrogen-bond acceptors (Lipinski definition) is 3. The van der Waals surface area contributed by atoms with Gasteiger partial charge in [0.2, 0.25) is 5.91 Å². The molecule has 0 unspecified atom stereocenters. The molecule has 0 bridgehead atoms. The molecular weight excluding hydrogens is 362 g/mol. The first-order valence-corrected chi connectivity index (χ1v) is 10.2. The fourth-order valence-corrected chi connectivity index (χ4v) is 3.41. The molecule has 29 heavy (non-hydrogen) atoms. The molecule has 0 saturated heterocycles. The molecule has 3 rings (SSSR count). The Bertz CT molecular complexity index is 989. The topological polar surface area (TPSA) is 56.2 Å². The Balaban J connectivity index is 1.71. The van der Waals surface area contributed by atoms with E-state index in [1.54, 1.807) is 6.08 Å². The Hall–Kier alpha value is -3.08. The fourth-order valence-electron chi connectivity index (χ4n) is 3.41. The molecule has 1 N–H and O–H groups in total. The van der Waals surface area contributed by atoms with E-state index in [0.717, 1.165) is 22.6 Å². The van der Waals surface area contributed by atoms with Crippen LogP contribution in [0, 0.1) is 0 Å². The largest absolute Gasteiger partial charge is 0.491 e. The highest BCUT2D eigenvalue weighted by Gasteiger charge is 2.12. The number of nitrogens with zero attached hydrogens (tertiary/aromatic N) is 2. The number of fused-ring (bicyclic) bond motifs is 1. The van der Waals surface area contributed by atoms with E-state index in [2.05, 4.69) is 35.9 Å². The molecule has 0 aliphatic heterocycles. The van der Waals surface area contributed by atoms with Crippen molar-refractivity contribution in [2.45, 2.75) is 39.7 Å². The van der Waals surface area contributed by atoms with Crippen molar-refractivity contribution in [2.24, 2.45) is 0 Å². The Labute approximate surface area is 172 Å². The molecule has 3 aromatic rings. The number of imidazole rings is 1. The SMILES string of the molecule is C/C=C/C(=O)NCCc1nc2ccccc2n1CCOc1ccccc1C(C)C. The predicted octanol–water partition coefficient (Wildman–Crippen LogP) is 4.47. The van der Waals surface area contributed by atoms with E-state index < -0.39 is 0 Å². The van der Waals surface area contributed by atoms with Crippen LogP contribution in [0.25, 0.3) is 11.0 Å². The summed E-state index contributed by atoms with van der Waals surface area (Å²) >= 11 is 0. The number of para-hydroxylation sites is 3. The number of carbonyl (C=O) groups excluding carboxylic acids is 1. The van der Waals surface area contributed by atoms with Gasteiger partial charge in [-0.2, -0.15) is 0 Å². The number of allylic oxidation sites excluding steroid dienone is 1. The van der Waals surface area contributed by atoms with Gasteiger partial charge in [0.05, 0.1) is 17.6 Å². The lowest BCUT2D eigenvalue weighted by molar-refractivity contribution is -0.116. The van der Waals surface area contributed by atoms with Crippen molar-refractivity contribution in [2.75, 3.05) is 13.2 Å². The molecule has 0 aliphatic carbocycles. The first kappa shape index (κ1) is 20.6. The van der Waals surface area contributed by atoms with Crippen LogP contribution >= 0.6 is 0 Å². The maximum absolute atomic E-state index is 11.7. The highest BCUT2D eigenvalue weighted by molar-refractivity contribution is 5.87. The molecule has 0 atom stereocenters. The van der Waals surface area contributed by atoms with Crippen molar-refractivity contribution >= 4 is 16.9 Å². The molecule has 0 radical (unpaired) electrons. The van der Waals surface area contributed by atoms with Crippen LogP contribution in [0.1, 0.15) is 38.1 Å². The highest BCUT2D eigenvalue weighted by Crippen LogP contribution is 2.26. The summed E-state index contributed by atoms with van der Waals surface area (Å²) in [5.74, 6) is 2.22. The number of carbonyl (C=O) groups is 1. The maximum atomic E-state index is 11.7. The Morgan fingerprint density at radius 1 is 1.17 bits per heavy atom. The van der Waals surface area contributed by atoms with Gasteiger partial charge in [-0.05, 0) is 42.7 Å². The second kappa shape index (κ2) is 9.92. The number of hydrogen-bond donors (Lipinski definition) is 1. The average Bonchev–Trinajstić information content (AvgIpc) is 3.06. The number of amides is 1. The van der Waals surface area contributed by atoms with Crippen LogP contribution < -0.4 is 10.1 Å². The molecule has 152 valence electrons. The first-order valence-electron chi connectivity index (χ1n) is 10.2. The number of ether oxygens (including phenoxy) is 1. The number of nitrogens with one attached hydrogen (secondary N) is 1. The summed E-state index contributed by atoms with van der Waals surface area (Å²) in [4.78, 5) is 16.4. The molecular formula is C24H29N3O2. The molecule has 1 amide bonds. The molecule has 5 heteroatoms. The van der Waals surface area contributed by atoms with E-state index in [9.17, 15) is 4.79 Å². The van der Waals surface area contributed by atoms with Gasteiger partial charge in [-0.15, -0.1) is 0 Å². The number of aromatic nitrogens is 2. The van der Waals surface area contributed by atoms with E-state index in [1.165, 1.54) is 11.6 Å². The maximum Gasteiger partial charge on any atom is 0.243 e. The molecule has 5 nitrogen and oxygen atoms in total. The average molecular weight is 392 g/mol. The van der Waals surface area contributed by atoms with Gasteiger partial charge in [0.1, 0.15) is 18.2 Å². The summed E-state index contributed by atoms with van der Waals surface area (Å²) in [6, 6.07) is 16.3. The van der Waals surface area contributed by atoms with Crippen LogP contribution in [0.15, 0.2) is 60.7 Å². The van der Waals surface area contributed by atoms with Gasteiger partial charge >= 0.3 is 0 Å². The van der Waals surface area contributed by atoms with Crippen molar-refractivity contribution < 1.29 is 9.53 Å². The zero-order valence-corrected chi connectivity index (χ0v) is 17.4. The smallest absolute Gasteiger partial charge is 0.243 e. The van der Waals surface area contributed by atoms with Gasteiger partial charge in [-0.1, -0.05) is 50.3 Å². The van der Waals surface area contributed by atoms with Crippen LogP contribution in [-0.4, -0.2) is 28.6 Å². The van der Waals surface area contributed by atoms with E-state index in [1.807, 2.05) is 43.3 Å². The third-order valence-corrected chi connectivity index (χ3v) is 4.81. The van der Waals surface area contributed by atoms with Crippen LogP contribution in [-0.2, 0) is 17.8 Å². The number of rotatable bonds is 9. The predicted molar refractivity (Wildman–Crippen MR) is 117 cm³/mol. The third kappa shape index (κ3) is 5.25. The first-order chi connectivity index (χ1) is 14.1. The van der Waals surface area contributed by atoms with Gasteiger partial charge in [-0.25, -0.2) is 4.98 Å². The fraction of sp³-hybridized carbons (Fsp3) is 0.333. The minimum Gasteiger partial charge on any atom is -0.491 e. The summed E-state index contributed by atoms with van der Waals surface area (Å²) in [6.07, 6.45) is 3.93. The molecule has 0 saturated carbocycles. The molecule has 0 aliphatic rings. The zero-order valence-electron chi connectivity index (χ0n) is 17.4. The third-order valence-electron chi connectivity index (χ3n) is 4.81. The standard InChI is InChI=1S/C24H29N3O2/c1-4-9-24(28)25-15-14-23-26-20-11-6-7-12-21(20)27(23)16-17-29-22-13-8-5-10-19(22)18(2)3/h4-13,18H,14-17H2,1-3H3,(H,25,28)/b9-4+. The summed E-state index contributed by atoms with van der Waals surface area (Å²) in [6.45, 7) is 7.98. The summed E-state index contributed by atoms with van der Waals surface area (Å²) in [7, 11) is 0. The van der Waals surface area contributed by atoms with Crippen LogP contribution in [0.4, 0.5) is 0 Å². The van der Waals surface area contributed by atoms with E-state index >= 15 is 0 Å². The van der Waals surface area contributed by atoms with E-state index in [0.29, 0.717) is 32.0 Å². The Kier molecular flexibility index (Phi) is 7.06. The van der Waals surface area contributed by atoms with Crippen molar-refractivity contribution in [3.05, 3.63) is 72.1 Å². The quantitative estimate of drug-likeness (QED) is 0.548. The molecule has 0 fully saturated rings. The van der Waals surface area contributed by atoms with Crippen molar-refractivity contribution in [1.82, 2.24) is 14.9 Å². The summed E-state index contributed by atoms with van der Waals surface area (Å²) < 4.78 is 8.31.